The monoisotopic (exact) mass is 281 g/mol. The fraction of sp³-hybridized carbons (Fsp3) is 0.500. The van der Waals surface area contributed by atoms with Gasteiger partial charge in [0, 0.05) is 24.8 Å². The van der Waals surface area contributed by atoms with Gasteiger partial charge in [-0.3, -0.25) is 0 Å². The van der Waals surface area contributed by atoms with Crippen molar-refractivity contribution in [3.05, 3.63) is 29.0 Å². The number of nitrogens with two attached hydrogens (primary N) is 1. The van der Waals surface area contributed by atoms with Crippen LogP contribution >= 0.6 is 11.6 Å². The minimum absolute atomic E-state index is 0.0988. The summed E-state index contributed by atoms with van der Waals surface area (Å²) < 4.78 is 7.54. The van der Waals surface area contributed by atoms with Crippen LogP contribution in [0.25, 0.3) is 11.0 Å². The van der Waals surface area contributed by atoms with Gasteiger partial charge in [-0.2, -0.15) is 0 Å². The van der Waals surface area contributed by atoms with Crippen molar-refractivity contribution in [1.29, 1.82) is 0 Å². The summed E-state index contributed by atoms with van der Waals surface area (Å²) in [6, 6.07) is 5.66. The van der Waals surface area contributed by atoms with Gasteiger partial charge in [-0.25, -0.2) is 4.98 Å². The van der Waals surface area contributed by atoms with Crippen molar-refractivity contribution in [1.82, 2.24) is 9.55 Å². The highest BCUT2D eigenvalue weighted by Gasteiger charge is 2.13. The minimum Gasteiger partial charge on any atom is -0.382 e. The van der Waals surface area contributed by atoms with Crippen LogP contribution < -0.4 is 5.73 Å². The van der Waals surface area contributed by atoms with Crippen LogP contribution in [0.3, 0.4) is 0 Å². The Morgan fingerprint density at radius 2 is 2.26 bits per heavy atom. The van der Waals surface area contributed by atoms with Crippen molar-refractivity contribution in [2.75, 3.05) is 13.2 Å². The topological polar surface area (TPSA) is 53.1 Å². The molecule has 0 aliphatic carbocycles. The number of nitrogens with zero attached hydrogens (tertiary/aromatic N) is 2. The Bertz CT molecular complexity index is 551. The highest BCUT2D eigenvalue weighted by atomic mass is 35.5. The van der Waals surface area contributed by atoms with Crippen LogP contribution in [0.1, 0.15) is 32.1 Å². The molecule has 19 heavy (non-hydrogen) atoms. The number of aromatic nitrogens is 2. The fourth-order valence-corrected chi connectivity index (χ4v) is 2.34. The van der Waals surface area contributed by atoms with Gasteiger partial charge < -0.3 is 15.0 Å². The molecule has 0 radical (unpaired) electrons. The van der Waals surface area contributed by atoms with Gasteiger partial charge in [-0.15, -0.1) is 0 Å². The Balaban J connectivity index is 2.30. The first kappa shape index (κ1) is 14.3. The highest BCUT2D eigenvalue weighted by Crippen LogP contribution is 2.23. The van der Waals surface area contributed by atoms with Crippen molar-refractivity contribution in [3.63, 3.8) is 0 Å². The lowest BCUT2D eigenvalue weighted by Crippen LogP contribution is -2.14. The maximum absolute atomic E-state index is 6.00. The van der Waals surface area contributed by atoms with E-state index < -0.39 is 0 Å². The molecule has 4 nitrogen and oxygen atoms in total. The molecule has 0 bridgehead atoms. The molecule has 0 spiro atoms. The van der Waals surface area contributed by atoms with Crippen molar-refractivity contribution >= 4 is 22.6 Å². The summed E-state index contributed by atoms with van der Waals surface area (Å²) in [6.07, 6.45) is 0.946. The Hall–Kier alpha value is -1.10. The molecule has 5 heteroatoms. The third kappa shape index (κ3) is 3.26. The standard InChI is InChI=1S/C14H20ClN3O/c1-3-19-8-4-7-18-13-6-5-11(15)9-12(13)17-14(18)10(2)16/h5-6,9-10H,3-4,7-8,16H2,1-2H3. The van der Waals surface area contributed by atoms with Crippen molar-refractivity contribution in [2.24, 2.45) is 5.73 Å². The maximum atomic E-state index is 6.00. The van der Waals surface area contributed by atoms with Gasteiger partial charge in [0.2, 0.25) is 0 Å². The van der Waals surface area contributed by atoms with Crippen molar-refractivity contribution in [2.45, 2.75) is 32.9 Å². The predicted molar refractivity (Wildman–Crippen MR) is 78.5 cm³/mol. The smallest absolute Gasteiger partial charge is 0.126 e. The van der Waals surface area contributed by atoms with E-state index >= 15 is 0 Å². The van der Waals surface area contributed by atoms with E-state index in [1.807, 2.05) is 32.0 Å². The molecule has 1 atom stereocenters. The number of ether oxygens (including phenoxy) is 1. The van der Waals surface area contributed by atoms with Crippen LogP contribution in [-0.4, -0.2) is 22.8 Å². The molecular weight excluding hydrogens is 262 g/mol. The number of imidazole rings is 1. The van der Waals surface area contributed by atoms with E-state index in [9.17, 15) is 0 Å². The molecule has 1 aromatic heterocycles. The lowest BCUT2D eigenvalue weighted by atomic mass is 10.3. The SMILES string of the molecule is CCOCCCn1c(C(C)N)nc2cc(Cl)ccc21. The van der Waals surface area contributed by atoms with Crippen molar-refractivity contribution < 1.29 is 4.74 Å². The first-order chi connectivity index (χ1) is 9.13. The number of fused-ring (bicyclic) bond motifs is 1. The molecule has 0 fully saturated rings. The molecule has 104 valence electrons. The van der Waals surface area contributed by atoms with Crippen LogP contribution in [0, 0.1) is 0 Å². The maximum Gasteiger partial charge on any atom is 0.126 e. The minimum atomic E-state index is -0.0988. The summed E-state index contributed by atoms with van der Waals surface area (Å²) in [6.45, 7) is 6.31. The molecule has 0 aliphatic heterocycles. The van der Waals surface area contributed by atoms with E-state index in [1.165, 1.54) is 0 Å². The summed E-state index contributed by atoms with van der Waals surface area (Å²) in [5.41, 5.74) is 7.98. The van der Waals surface area contributed by atoms with E-state index in [4.69, 9.17) is 22.1 Å². The normalized spacial score (nSPS) is 13.1. The third-order valence-corrected chi connectivity index (χ3v) is 3.26. The number of benzene rings is 1. The molecule has 0 aliphatic rings. The molecule has 1 heterocycles. The van der Waals surface area contributed by atoms with Gasteiger partial charge in [0.25, 0.3) is 0 Å². The molecule has 0 saturated heterocycles. The van der Waals surface area contributed by atoms with Crippen LogP contribution in [0.4, 0.5) is 0 Å². The Morgan fingerprint density at radius 1 is 1.47 bits per heavy atom. The Kier molecular flexibility index (Phi) is 4.80. The van der Waals surface area contributed by atoms with Gasteiger partial charge in [0.1, 0.15) is 5.82 Å². The molecule has 2 rings (SSSR count). The summed E-state index contributed by atoms with van der Waals surface area (Å²) in [5, 5.41) is 0.697. The lowest BCUT2D eigenvalue weighted by molar-refractivity contribution is 0.141. The zero-order chi connectivity index (χ0) is 13.8. The van der Waals surface area contributed by atoms with Gasteiger partial charge in [-0.1, -0.05) is 11.6 Å². The summed E-state index contributed by atoms with van der Waals surface area (Å²) in [4.78, 5) is 4.58. The number of hydrogen-bond donors (Lipinski definition) is 1. The molecule has 2 N–H and O–H groups in total. The van der Waals surface area contributed by atoms with E-state index in [1.54, 1.807) is 0 Å². The number of rotatable bonds is 6. The molecule has 1 unspecified atom stereocenters. The lowest BCUT2D eigenvalue weighted by Gasteiger charge is -2.11. The molecule has 0 amide bonds. The number of aryl methyl sites for hydroxylation is 1. The highest BCUT2D eigenvalue weighted by molar-refractivity contribution is 6.31. The summed E-state index contributed by atoms with van der Waals surface area (Å²) >= 11 is 6.00. The average molecular weight is 282 g/mol. The van der Waals surface area contributed by atoms with E-state index in [2.05, 4.69) is 9.55 Å². The molecular formula is C14H20ClN3O. The average Bonchev–Trinajstić information content (AvgIpc) is 2.72. The predicted octanol–water partition coefficient (Wildman–Crippen LogP) is 3.14. The first-order valence-corrected chi connectivity index (χ1v) is 7.00. The Labute approximate surface area is 118 Å². The van der Waals surface area contributed by atoms with Gasteiger partial charge in [0.15, 0.2) is 0 Å². The van der Waals surface area contributed by atoms with E-state index in [0.717, 1.165) is 43.0 Å². The molecule has 0 saturated carbocycles. The number of hydrogen-bond acceptors (Lipinski definition) is 3. The van der Waals surface area contributed by atoms with E-state index in [0.29, 0.717) is 5.02 Å². The zero-order valence-electron chi connectivity index (χ0n) is 11.4. The second-order valence-corrected chi connectivity index (χ2v) is 5.03. The van der Waals surface area contributed by atoms with Crippen LogP contribution in [0.2, 0.25) is 5.02 Å². The first-order valence-electron chi connectivity index (χ1n) is 6.62. The second kappa shape index (κ2) is 6.37. The van der Waals surface area contributed by atoms with Gasteiger partial charge in [0.05, 0.1) is 17.1 Å². The molecule has 2 aromatic rings. The van der Waals surface area contributed by atoms with Crippen LogP contribution in [-0.2, 0) is 11.3 Å². The Morgan fingerprint density at radius 3 is 2.95 bits per heavy atom. The summed E-state index contributed by atoms with van der Waals surface area (Å²) in [7, 11) is 0. The second-order valence-electron chi connectivity index (χ2n) is 4.59. The zero-order valence-corrected chi connectivity index (χ0v) is 12.2. The quantitative estimate of drug-likeness (QED) is 0.828. The molecule has 1 aromatic carbocycles. The van der Waals surface area contributed by atoms with Gasteiger partial charge >= 0.3 is 0 Å². The number of halogens is 1. The largest absolute Gasteiger partial charge is 0.382 e. The van der Waals surface area contributed by atoms with Gasteiger partial charge in [-0.05, 0) is 38.5 Å². The van der Waals surface area contributed by atoms with E-state index in [-0.39, 0.29) is 6.04 Å². The summed E-state index contributed by atoms with van der Waals surface area (Å²) in [5.74, 6) is 0.897. The van der Waals surface area contributed by atoms with Crippen LogP contribution in [0.15, 0.2) is 18.2 Å². The third-order valence-electron chi connectivity index (χ3n) is 3.02. The van der Waals surface area contributed by atoms with Crippen LogP contribution in [0.5, 0.6) is 0 Å². The van der Waals surface area contributed by atoms with Crippen molar-refractivity contribution in [3.8, 4) is 0 Å². The fourth-order valence-electron chi connectivity index (χ4n) is 2.17.